The molecule has 0 radical (unpaired) electrons. The van der Waals surface area contributed by atoms with Gasteiger partial charge in [-0.25, -0.2) is 0 Å². The molecular weight excluding hydrogens is 212 g/mol. The minimum absolute atomic E-state index is 0.395. The van der Waals surface area contributed by atoms with E-state index in [9.17, 15) is 5.11 Å². The van der Waals surface area contributed by atoms with Gasteiger partial charge in [-0.05, 0) is 44.4 Å². The Morgan fingerprint density at radius 3 is 2.29 bits per heavy atom. The first kappa shape index (κ1) is 12.4. The Morgan fingerprint density at radius 1 is 1.24 bits per heavy atom. The lowest BCUT2D eigenvalue weighted by Gasteiger charge is -2.39. The second-order valence-electron chi connectivity index (χ2n) is 5.38. The number of benzene rings is 1. The predicted octanol–water partition coefficient (Wildman–Crippen LogP) is 2.18. The van der Waals surface area contributed by atoms with Gasteiger partial charge in [-0.1, -0.05) is 12.1 Å². The van der Waals surface area contributed by atoms with Crippen LogP contribution in [0.25, 0.3) is 0 Å². The molecule has 3 nitrogen and oxygen atoms in total. The van der Waals surface area contributed by atoms with E-state index in [1.54, 1.807) is 0 Å². The van der Waals surface area contributed by atoms with Crippen LogP contribution >= 0.6 is 0 Å². The number of nitrogens with zero attached hydrogens (tertiary/aromatic N) is 1. The molecule has 0 amide bonds. The Balaban J connectivity index is 2.01. The number of anilines is 1. The van der Waals surface area contributed by atoms with Crippen molar-refractivity contribution in [3.05, 3.63) is 29.8 Å². The monoisotopic (exact) mass is 234 g/mol. The van der Waals surface area contributed by atoms with Crippen LogP contribution in [0.2, 0.25) is 0 Å². The fourth-order valence-electron chi connectivity index (χ4n) is 2.38. The second kappa shape index (κ2) is 4.67. The van der Waals surface area contributed by atoms with Crippen molar-refractivity contribution in [3.63, 3.8) is 0 Å². The van der Waals surface area contributed by atoms with E-state index in [2.05, 4.69) is 24.0 Å². The SMILES string of the molecule is CC(c1ccc(N)cc1)N1CCC(C)(O)CC1. The van der Waals surface area contributed by atoms with Gasteiger partial charge < -0.3 is 10.8 Å². The Labute approximate surface area is 103 Å². The van der Waals surface area contributed by atoms with Gasteiger partial charge in [-0.2, -0.15) is 0 Å². The van der Waals surface area contributed by atoms with Gasteiger partial charge in [0.1, 0.15) is 0 Å². The highest BCUT2D eigenvalue weighted by Gasteiger charge is 2.29. The van der Waals surface area contributed by atoms with Crippen molar-refractivity contribution in [1.29, 1.82) is 0 Å². The maximum atomic E-state index is 9.94. The molecule has 2 rings (SSSR count). The van der Waals surface area contributed by atoms with Crippen molar-refractivity contribution in [1.82, 2.24) is 4.90 Å². The van der Waals surface area contributed by atoms with Crippen LogP contribution in [0.5, 0.6) is 0 Å². The van der Waals surface area contributed by atoms with E-state index in [1.165, 1.54) is 5.56 Å². The summed E-state index contributed by atoms with van der Waals surface area (Å²) in [7, 11) is 0. The van der Waals surface area contributed by atoms with E-state index in [-0.39, 0.29) is 0 Å². The van der Waals surface area contributed by atoms with E-state index < -0.39 is 5.60 Å². The molecule has 94 valence electrons. The van der Waals surface area contributed by atoms with E-state index >= 15 is 0 Å². The van der Waals surface area contributed by atoms with Crippen LogP contribution in [0.15, 0.2) is 24.3 Å². The molecule has 1 atom stereocenters. The number of nitrogen functional groups attached to an aromatic ring is 1. The van der Waals surface area contributed by atoms with Crippen molar-refractivity contribution >= 4 is 5.69 Å². The van der Waals surface area contributed by atoms with Gasteiger partial charge in [0.2, 0.25) is 0 Å². The molecule has 1 aromatic rings. The smallest absolute Gasteiger partial charge is 0.0644 e. The summed E-state index contributed by atoms with van der Waals surface area (Å²) in [6.45, 7) is 6.06. The van der Waals surface area contributed by atoms with Crippen molar-refractivity contribution in [2.45, 2.75) is 38.3 Å². The summed E-state index contributed by atoms with van der Waals surface area (Å²) in [6.07, 6.45) is 1.71. The molecule has 1 aromatic carbocycles. The van der Waals surface area contributed by atoms with Gasteiger partial charge in [0, 0.05) is 24.8 Å². The number of nitrogens with two attached hydrogens (primary N) is 1. The Hall–Kier alpha value is -1.06. The van der Waals surface area contributed by atoms with E-state index in [1.807, 2.05) is 19.1 Å². The first-order valence-electron chi connectivity index (χ1n) is 6.30. The van der Waals surface area contributed by atoms with Crippen LogP contribution in [-0.4, -0.2) is 28.7 Å². The summed E-state index contributed by atoms with van der Waals surface area (Å²) in [5.41, 5.74) is 7.32. The third kappa shape index (κ3) is 2.99. The Morgan fingerprint density at radius 2 is 1.76 bits per heavy atom. The number of likely N-dealkylation sites (tertiary alicyclic amines) is 1. The highest BCUT2D eigenvalue weighted by molar-refractivity contribution is 5.40. The molecule has 1 saturated heterocycles. The normalized spacial score (nSPS) is 22.3. The molecular formula is C14H22N2O. The van der Waals surface area contributed by atoms with Crippen LogP contribution in [0.1, 0.15) is 38.3 Å². The fraction of sp³-hybridized carbons (Fsp3) is 0.571. The first-order chi connectivity index (χ1) is 7.98. The molecule has 1 heterocycles. The number of piperidine rings is 1. The summed E-state index contributed by atoms with van der Waals surface area (Å²) in [5.74, 6) is 0. The van der Waals surface area contributed by atoms with Crippen LogP contribution in [-0.2, 0) is 0 Å². The number of rotatable bonds is 2. The number of hydrogen-bond acceptors (Lipinski definition) is 3. The molecule has 0 saturated carbocycles. The van der Waals surface area contributed by atoms with E-state index in [0.717, 1.165) is 31.6 Å². The minimum Gasteiger partial charge on any atom is -0.399 e. The van der Waals surface area contributed by atoms with E-state index in [4.69, 9.17) is 5.73 Å². The topological polar surface area (TPSA) is 49.5 Å². The average molecular weight is 234 g/mol. The van der Waals surface area contributed by atoms with Crippen molar-refractivity contribution < 1.29 is 5.11 Å². The third-order valence-corrected chi connectivity index (χ3v) is 3.84. The molecule has 0 aromatic heterocycles. The summed E-state index contributed by atoms with van der Waals surface area (Å²) in [6, 6.07) is 8.48. The molecule has 1 fully saturated rings. The van der Waals surface area contributed by atoms with Crippen LogP contribution in [0.3, 0.4) is 0 Å². The van der Waals surface area contributed by atoms with Crippen molar-refractivity contribution in [2.75, 3.05) is 18.8 Å². The predicted molar refractivity (Wildman–Crippen MR) is 70.7 cm³/mol. The molecule has 3 N–H and O–H groups in total. The molecule has 0 spiro atoms. The molecule has 0 aliphatic carbocycles. The number of aliphatic hydroxyl groups is 1. The summed E-state index contributed by atoms with van der Waals surface area (Å²) in [5, 5.41) is 9.94. The van der Waals surface area contributed by atoms with Gasteiger partial charge in [0.05, 0.1) is 5.60 Å². The molecule has 1 unspecified atom stereocenters. The van der Waals surface area contributed by atoms with Crippen molar-refractivity contribution in [2.24, 2.45) is 0 Å². The summed E-state index contributed by atoms with van der Waals surface area (Å²) >= 11 is 0. The first-order valence-corrected chi connectivity index (χ1v) is 6.30. The molecule has 1 aliphatic rings. The second-order valence-corrected chi connectivity index (χ2v) is 5.38. The zero-order valence-corrected chi connectivity index (χ0v) is 10.7. The Bertz CT molecular complexity index is 362. The maximum Gasteiger partial charge on any atom is 0.0644 e. The molecule has 17 heavy (non-hydrogen) atoms. The maximum absolute atomic E-state index is 9.94. The lowest BCUT2D eigenvalue weighted by Crippen LogP contribution is -2.43. The average Bonchev–Trinajstić information content (AvgIpc) is 2.29. The summed E-state index contributed by atoms with van der Waals surface area (Å²) in [4.78, 5) is 2.42. The van der Waals surface area contributed by atoms with Crippen LogP contribution in [0.4, 0.5) is 5.69 Å². The zero-order valence-electron chi connectivity index (χ0n) is 10.7. The van der Waals surface area contributed by atoms with Crippen LogP contribution in [0, 0.1) is 0 Å². The van der Waals surface area contributed by atoms with Gasteiger partial charge in [0.15, 0.2) is 0 Å². The molecule has 1 aliphatic heterocycles. The quantitative estimate of drug-likeness (QED) is 0.771. The van der Waals surface area contributed by atoms with Gasteiger partial charge in [0.25, 0.3) is 0 Å². The third-order valence-electron chi connectivity index (χ3n) is 3.84. The lowest BCUT2D eigenvalue weighted by molar-refractivity contribution is -0.0149. The van der Waals surface area contributed by atoms with Crippen molar-refractivity contribution in [3.8, 4) is 0 Å². The Kier molecular flexibility index (Phi) is 3.40. The zero-order chi connectivity index (χ0) is 12.5. The lowest BCUT2D eigenvalue weighted by atomic mass is 9.92. The molecule has 3 heteroatoms. The van der Waals surface area contributed by atoms with Crippen LogP contribution < -0.4 is 5.73 Å². The number of hydrogen-bond donors (Lipinski definition) is 2. The van der Waals surface area contributed by atoms with Gasteiger partial charge >= 0.3 is 0 Å². The highest BCUT2D eigenvalue weighted by Crippen LogP contribution is 2.28. The standard InChI is InChI=1S/C14H22N2O/c1-11(12-3-5-13(15)6-4-12)16-9-7-14(2,17)8-10-16/h3-6,11,17H,7-10,15H2,1-2H3. The highest BCUT2D eigenvalue weighted by atomic mass is 16.3. The fourth-order valence-corrected chi connectivity index (χ4v) is 2.38. The molecule has 0 bridgehead atoms. The van der Waals surface area contributed by atoms with Gasteiger partial charge in [-0.15, -0.1) is 0 Å². The van der Waals surface area contributed by atoms with Gasteiger partial charge in [-0.3, -0.25) is 4.90 Å². The summed E-state index contributed by atoms with van der Waals surface area (Å²) < 4.78 is 0. The largest absolute Gasteiger partial charge is 0.399 e. The minimum atomic E-state index is -0.475. The van der Waals surface area contributed by atoms with E-state index in [0.29, 0.717) is 6.04 Å².